The van der Waals surface area contributed by atoms with Crippen LogP contribution in [0, 0.1) is 0 Å². The van der Waals surface area contributed by atoms with Crippen LogP contribution in [0.4, 0.5) is 0 Å². The molecule has 1 N–H and O–H groups in total. The molecule has 2 aromatic rings. The lowest BCUT2D eigenvalue weighted by atomic mass is 10.1. The number of nitrogens with zero attached hydrogens (tertiary/aromatic N) is 2. The topological polar surface area (TPSA) is 58.2 Å². The van der Waals surface area contributed by atoms with Gasteiger partial charge in [-0.25, -0.2) is 4.98 Å². The number of amides is 1. The molecule has 1 amide bonds. The first-order valence-corrected chi connectivity index (χ1v) is 9.32. The minimum atomic E-state index is 0.223. The van der Waals surface area contributed by atoms with Gasteiger partial charge >= 0.3 is 0 Å². The van der Waals surface area contributed by atoms with Crippen LogP contribution in [0.2, 0.25) is 0 Å². The Morgan fingerprint density at radius 2 is 2.17 bits per heavy atom. The summed E-state index contributed by atoms with van der Waals surface area (Å²) in [7, 11) is 0. The second kappa shape index (κ2) is 7.84. The number of carbonyl (C=O) groups is 1. The molecule has 0 saturated carbocycles. The van der Waals surface area contributed by atoms with Crippen molar-refractivity contribution >= 4 is 28.7 Å². The molecular weight excluding hydrogens is 310 g/mol. The van der Waals surface area contributed by atoms with E-state index in [0.29, 0.717) is 11.9 Å². The third kappa shape index (κ3) is 4.26. The van der Waals surface area contributed by atoms with Gasteiger partial charge in [-0.2, -0.15) is 0 Å². The van der Waals surface area contributed by atoms with E-state index in [4.69, 9.17) is 4.74 Å². The zero-order valence-corrected chi connectivity index (χ0v) is 14.3. The molecular formula is C17H23N3O2S. The Morgan fingerprint density at radius 1 is 1.39 bits per heavy atom. The van der Waals surface area contributed by atoms with Gasteiger partial charge in [0, 0.05) is 19.7 Å². The monoisotopic (exact) mass is 333 g/mol. The molecule has 6 heteroatoms. The smallest absolute Gasteiger partial charge is 0.232 e. The Kier molecular flexibility index (Phi) is 5.56. The molecule has 1 aliphatic rings. The highest BCUT2D eigenvalue weighted by atomic mass is 32.2. The highest BCUT2D eigenvalue weighted by Crippen LogP contribution is 2.18. The highest BCUT2D eigenvalue weighted by Gasteiger charge is 2.22. The molecule has 0 radical (unpaired) electrons. The summed E-state index contributed by atoms with van der Waals surface area (Å²) in [6, 6.07) is 7.99. The van der Waals surface area contributed by atoms with E-state index in [2.05, 4.69) is 9.97 Å². The number of rotatable bonds is 6. The average molecular weight is 333 g/mol. The number of imidazole rings is 1. The summed E-state index contributed by atoms with van der Waals surface area (Å²) in [5.41, 5.74) is 2.03. The van der Waals surface area contributed by atoms with Crippen LogP contribution in [0.1, 0.15) is 25.6 Å². The van der Waals surface area contributed by atoms with Crippen LogP contribution in [0.5, 0.6) is 0 Å². The van der Waals surface area contributed by atoms with Gasteiger partial charge in [-0.1, -0.05) is 12.1 Å². The first kappa shape index (κ1) is 16.3. The summed E-state index contributed by atoms with van der Waals surface area (Å²) in [6.45, 7) is 4.40. The zero-order valence-electron chi connectivity index (χ0n) is 13.5. The number of ether oxygens (including phenoxy) is 1. The lowest BCUT2D eigenvalue weighted by molar-refractivity contribution is -0.130. The third-order valence-corrected chi connectivity index (χ3v) is 5.03. The van der Waals surface area contributed by atoms with Crippen molar-refractivity contribution in [2.24, 2.45) is 0 Å². The molecule has 0 spiro atoms. The zero-order chi connectivity index (χ0) is 16.1. The number of hydrogen-bond donors (Lipinski definition) is 1. The summed E-state index contributed by atoms with van der Waals surface area (Å²) < 4.78 is 5.62. The standard InChI is InChI=1S/C17H23N3O2S/c1-2-22-13-7-9-20(10-8-13)17(21)12-23-11-16-18-14-5-3-4-6-15(14)19-16/h3-6,13H,2,7-12H2,1H3,(H,18,19). The second-order valence-corrected chi connectivity index (χ2v) is 6.71. The maximum absolute atomic E-state index is 12.3. The molecule has 1 aromatic carbocycles. The fourth-order valence-electron chi connectivity index (χ4n) is 2.91. The number of para-hydroxylation sites is 2. The van der Waals surface area contributed by atoms with E-state index in [1.54, 1.807) is 11.8 Å². The number of aromatic amines is 1. The predicted octanol–water partition coefficient (Wildman–Crippen LogP) is 2.82. The summed E-state index contributed by atoms with van der Waals surface area (Å²) >= 11 is 1.62. The summed E-state index contributed by atoms with van der Waals surface area (Å²) in [5, 5.41) is 0. The minimum Gasteiger partial charge on any atom is -0.378 e. The molecule has 124 valence electrons. The quantitative estimate of drug-likeness (QED) is 0.883. The molecule has 5 nitrogen and oxygen atoms in total. The first-order valence-electron chi connectivity index (χ1n) is 8.17. The van der Waals surface area contributed by atoms with E-state index in [-0.39, 0.29) is 5.91 Å². The van der Waals surface area contributed by atoms with Crippen molar-refractivity contribution in [1.29, 1.82) is 0 Å². The van der Waals surface area contributed by atoms with E-state index in [9.17, 15) is 4.79 Å². The Hall–Kier alpha value is -1.53. The number of likely N-dealkylation sites (tertiary alicyclic amines) is 1. The van der Waals surface area contributed by atoms with Crippen LogP contribution in [0.25, 0.3) is 11.0 Å². The predicted molar refractivity (Wildman–Crippen MR) is 93.5 cm³/mol. The molecule has 0 bridgehead atoms. The minimum absolute atomic E-state index is 0.223. The summed E-state index contributed by atoms with van der Waals surface area (Å²) in [6.07, 6.45) is 2.23. The maximum atomic E-state index is 12.3. The molecule has 2 heterocycles. The van der Waals surface area contributed by atoms with Gasteiger partial charge in [0.05, 0.1) is 28.6 Å². The van der Waals surface area contributed by atoms with E-state index < -0.39 is 0 Å². The molecule has 0 unspecified atom stereocenters. The van der Waals surface area contributed by atoms with E-state index in [1.807, 2.05) is 36.1 Å². The fraction of sp³-hybridized carbons (Fsp3) is 0.529. The van der Waals surface area contributed by atoms with Crippen LogP contribution in [-0.2, 0) is 15.3 Å². The van der Waals surface area contributed by atoms with Crippen LogP contribution in [0.3, 0.4) is 0 Å². The van der Waals surface area contributed by atoms with E-state index >= 15 is 0 Å². The Morgan fingerprint density at radius 3 is 2.91 bits per heavy atom. The number of piperidine rings is 1. The molecule has 3 rings (SSSR count). The number of carbonyl (C=O) groups excluding carboxylic acids is 1. The summed E-state index contributed by atoms with van der Waals surface area (Å²) in [5.74, 6) is 2.40. The van der Waals surface area contributed by atoms with Crippen LogP contribution in [0.15, 0.2) is 24.3 Å². The molecule has 1 aromatic heterocycles. The van der Waals surface area contributed by atoms with Gasteiger partial charge in [0.15, 0.2) is 0 Å². The largest absolute Gasteiger partial charge is 0.378 e. The number of benzene rings is 1. The van der Waals surface area contributed by atoms with E-state index in [0.717, 1.165) is 55.1 Å². The first-order chi connectivity index (χ1) is 11.3. The van der Waals surface area contributed by atoms with Gasteiger partial charge in [0.1, 0.15) is 5.82 Å². The average Bonchev–Trinajstić information content (AvgIpc) is 2.98. The Balaban J connectivity index is 1.42. The van der Waals surface area contributed by atoms with Crippen molar-refractivity contribution in [2.45, 2.75) is 31.6 Å². The molecule has 1 saturated heterocycles. The third-order valence-electron chi connectivity index (χ3n) is 4.10. The van der Waals surface area contributed by atoms with Crippen molar-refractivity contribution in [2.75, 3.05) is 25.4 Å². The normalized spacial score (nSPS) is 16.1. The van der Waals surface area contributed by atoms with Gasteiger partial charge < -0.3 is 14.6 Å². The van der Waals surface area contributed by atoms with Crippen LogP contribution in [-0.4, -0.2) is 52.3 Å². The Labute approximate surface area is 140 Å². The maximum Gasteiger partial charge on any atom is 0.232 e. The van der Waals surface area contributed by atoms with Crippen molar-refractivity contribution in [3.8, 4) is 0 Å². The van der Waals surface area contributed by atoms with Crippen molar-refractivity contribution < 1.29 is 9.53 Å². The lowest BCUT2D eigenvalue weighted by Gasteiger charge is -2.31. The van der Waals surface area contributed by atoms with Gasteiger partial charge in [0.2, 0.25) is 5.91 Å². The van der Waals surface area contributed by atoms with Crippen molar-refractivity contribution in [1.82, 2.24) is 14.9 Å². The summed E-state index contributed by atoms with van der Waals surface area (Å²) in [4.78, 5) is 22.0. The van der Waals surface area contributed by atoms with Gasteiger partial charge in [-0.05, 0) is 31.9 Å². The van der Waals surface area contributed by atoms with Crippen molar-refractivity contribution in [3.63, 3.8) is 0 Å². The lowest BCUT2D eigenvalue weighted by Crippen LogP contribution is -2.41. The van der Waals surface area contributed by atoms with Gasteiger partial charge in [-0.3, -0.25) is 4.79 Å². The van der Waals surface area contributed by atoms with Crippen LogP contribution < -0.4 is 0 Å². The number of thioether (sulfide) groups is 1. The molecule has 0 aliphatic carbocycles. The number of nitrogens with one attached hydrogen (secondary N) is 1. The Bertz CT molecular complexity index is 617. The molecule has 0 atom stereocenters. The SMILES string of the molecule is CCOC1CCN(C(=O)CSCc2nc3ccccc3[nH]2)CC1. The number of fused-ring (bicyclic) bond motifs is 1. The molecule has 1 fully saturated rings. The number of H-pyrrole nitrogens is 1. The molecule has 1 aliphatic heterocycles. The second-order valence-electron chi connectivity index (χ2n) is 5.73. The fourth-order valence-corrected chi connectivity index (χ4v) is 3.70. The van der Waals surface area contributed by atoms with Gasteiger partial charge in [0.25, 0.3) is 0 Å². The highest BCUT2D eigenvalue weighted by molar-refractivity contribution is 7.99. The van der Waals surface area contributed by atoms with Gasteiger partial charge in [-0.15, -0.1) is 11.8 Å². The number of aromatic nitrogens is 2. The molecule has 23 heavy (non-hydrogen) atoms. The van der Waals surface area contributed by atoms with Crippen LogP contribution >= 0.6 is 11.8 Å². The van der Waals surface area contributed by atoms with Crippen molar-refractivity contribution in [3.05, 3.63) is 30.1 Å². The van der Waals surface area contributed by atoms with E-state index in [1.165, 1.54) is 0 Å². The number of hydrogen-bond acceptors (Lipinski definition) is 4.